The highest BCUT2D eigenvalue weighted by atomic mass is 127. The van der Waals surface area contributed by atoms with Crippen LogP contribution in [0.15, 0.2) is 4.99 Å². The van der Waals surface area contributed by atoms with Crippen LogP contribution in [0.25, 0.3) is 0 Å². The fraction of sp³-hybridized carbons (Fsp3) is 0.941. The molecule has 2 saturated heterocycles. The van der Waals surface area contributed by atoms with Crippen molar-refractivity contribution in [1.82, 2.24) is 15.1 Å². The van der Waals surface area contributed by atoms with E-state index in [-0.39, 0.29) is 24.0 Å². The van der Waals surface area contributed by atoms with E-state index >= 15 is 0 Å². The third-order valence-electron chi connectivity index (χ3n) is 5.56. The van der Waals surface area contributed by atoms with Crippen LogP contribution in [0.2, 0.25) is 0 Å². The number of hydrogen-bond acceptors (Lipinski definition) is 3. The van der Waals surface area contributed by atoms with E-state index in [0.29, 0.717) is 4.75 Å². The van der Waals surface area contributed by atoms with Crippen LogP contribution < -0.4 is 5.32 Å². The maximum absolute atomic E-state index is 4.58. The first-order chi connectivity index (χ1) is 10.7. The van der Waals surface area contributed by atoms with Gasteiger partial charge in [-0.25, -0.2) is 0 Å². The molecule has 0 aromatic carbocycles. The number of rotatable bonds is 2. The molecule has 134 valence electrons. The van der Waals surface area contributed by atoms with E-state index in [1.807, 2.05) is 7.05 Å². The van der Waals surface area contributed by atoms with Crippen LogP contribution in [-0.2, 0) is 0 Å². The number of nitrogens with zero attached hydrogens (tertiary/aromatic N) is 3. The van der Waals surface area contributed by atoms with Crippen molar-refractivity contribution in [3.05, 3.63) is 0 Å². The molecule has 6 heteroatoms. The summed E-state index contributed by atoms with van der Waals surface area (Å²) in [5, 5.41) is 3.66. The lowest BCUT2D eigenvalue weighted by atomic mass is 9.87. The van der Waals surface area contributed by atoms with Crippen molar-refractivity contribution in [3.8, 4) is 0 Å². The Labute approximate surface area is 163 Å². The molecule has 23 heavy (non-hydrogen) atoms. The number of aliphatic imine (C=N–C) groups is 1. The summed E-state index contributed by atoms with van der Waals surface area (Å²) >= 11 is 2.23. The van der Waals surface area contributed by atoms with Crippen molar-refractivity contribution in [2.75, 3.05) is 52.6 Å². The normalized spacial score (nSPS) is 28.7. The smallest absolute Gasteiger partial charge is 0.193 e. The lowest BCUT2D eigenvalue weighted by Crippen LogP contribution is -2.54. The number of halogens is 1. The summed E-state index contributed by atoms with van der Waals surface area (Å²) in [7, 11) is 4.17. The maximum atomic E-state index is 4.58. The fourth-order valence-corrected chi connectivity index (χ4v) is 5.85. The Morgan fingerprint density at radius 1 is 1.26 bits per heavy atom. The molecule has 1 N–H and O–H groups in total. The molecule has 3 rings (SSSR count). The predicted molar refractivity (Wildman–Crippen MR) is 112 cm³/mol. The van der Waals surface area contributed by atoms with Crippen LogP contribution in [0, 0.1) is 5.92 Å². The van der Waals surface area contributed by atoms with Gasteiger partial charge in [0.1, 0.15) is 0 Å². The van der Waals surface area contributed by atoms with Crippen LogP contribution >= 0.6 is 35.7 Å². The Hall–Kier alpha value is 0.310. The zero-order valence-electron chi connectivity index (χ0n) is 14.7. The molecule has 3 aliphatic rings. The number of guanidine groups is 1. The summed E-state index contributed by atoms with van der Waals surface area (Å²) in [6.07, 6.45) is 8.39. The molecular formula is C17H33IN4S. The Morgan fingerprint density at radius 2 is 2.04 bits per heavy atom. The SMILES string of the molecule is CN=C(NCC1CCN(C)C1)N1CCSC2(CCCCC2)C1.I. The lowest BCUT2D eigenvalue weighted by molar-refractivity contribution is 0.292. The fourth-order valence-electron chi connectivity index (χ4n) is 4.29. The van der Waals surface area contributed by atoms with E-state index in [0.717, 1.165) is 25.0 Å². The summed E-state index contributed by atoms with van der Waals surface area (Å²) < 4.78 is 0.516. The average molecular weight is 452 g/mol. The van der Waals surface area contributed by atoms with Gasteiger partial charge in [-0.15, -0.1) is 24.0 Å². The summed E-state index contributed by atoms with van der Waals surface area (Å²) in [6.45, 7) is 5.89. The molecule has 1 aliphatic carbocycles. The molecule has 0 amide bonds. The molecule has 0 radical (unpaired) electrons. The van der Waals surface area contributed by atoms with Gasteiger partial charge in [0.05, 0.1) is 0 Å². The Bertz CT molecular complexity index is 393. The van der Waals surface area contributed by atoms with Gasteiger partial charge in [0.25, 0.3) is 0 Å². The van der Waals surface area contributed by atoms with Crippen molar-refractivity contribution in [2.45, 2.75) is 43.3 Å². The first kappa shape index (κ1) is 19.6. The molecule has 1 saturated carbocycles. The lowest BCUT2D eigenvalue weighted by Gasteiger charge is -2.45. The van der Waals surface area contributed by atoms with E-state index in [4.69, 9.17) is 0 Å². The first-order valence-corrected chi connectivity index (χ1v) is 9.97. The minimum absolute atomic E-state index is 0. The Kier molecular flexibility index (Phi) is 7.79. The third kappa shape index (κ3) is 5.14. The van der Waals surface area contributed by atoms with Crippen LogP contribution in [0.5, 0.6) is 0 Å². The quantitative estimate of drug-likeness (QED) is 0.397. The summed E-state index contributed by atoms with van der Waals surface area (Å²) in [4.78, 5) is 9.54. The minimum Gasteiger partial charge on any atom is -0.356 e. The van der Waals surface area contributed by atoms with Gasteiger partial charge in [-0.05, 0) is 38.8 Å². The van der Waals surface area contributed by atoms with Crippen LogP contribution in [0.3, 0.4) is 0 Å². The van der Waals surface area contributed by atoms with E-state index in [9.17, 15) is 0 Å². The maximum Gasteiger partial charge on any atom is 0.193 e. The number of hydrogen-bond donors (Lipinski definition) is 1. The number of nitrogens with one attached hydrogen (secondary N) is 1. The van der Waals surface area contributed by atoms with Crippen molar-refractivity contribution in [2.24, 2.45) is 10.9 Å². The summed E-state index contributed by atoms with van der Waals surface area (Å²) in [5.41, 5.74) is 0. The highest BCUT2D eigenvalue weighted by Gasteiger charge is 2.38. The second-order valence-corrected chi connectivity index (χ2v) is 8.92. The Balaban J connectivity index is 0.00000192. The van der Waals surface area contributed by atoms with Crippen LogP contribution in [0.1, 0.15) is 38.5 Å². The van der Waals surface area contributed by atoms with Gasteiger partial charge >= 0.3 is 0 Å². The molecule has 2 heterocycles. The molecule has 0 aromatic rings. The van der Waals surface area contributed by atoms with Crippen LogP contribution in [0.4, 0.5) is 0 Å². The van der Waals surface area contributed by atoms with Gasteiger partial charge in [-0.2, -0.15) is 11.8 Å². The average Bonchev–Trinajstić information content (AvgIpc) is 2.94. The van der Waals surface area contributed by atoms with Crippen LogP contribution in [-0.4, -0.2) is 73.1 Å². The summed E-state index contributed by atoms with van der Waals surface area (Å²) in [5.74, 6) is 3.18. The molecule has 4 nitrogen and oxygen atoms in total. The molecule has 3 fully saturated rings. The summed E-state index contributed by atoms with van der Waals surface area (Å²) in [6, 6.07) is 0. The highest BCUT2D eigenvalue weighted by molar-refractivity contribution is 14.0. The molecule has 1 spiro atoms. The van der Waals surface area contributed by atoms with E-state index in [1.54, 1.807) is 0 Å². The zero-order valence-corrected chi connectivity index (χ0v) is 17.9. The Morgan fingerprint density at radius 3 is 2.70 bits per heavy atom. The zero-order chi connectivity index (χ0) is 15.4. The largest absolute Gasteiger partial charge is 0.356 e. The van der Waals surface area contributed by atoms with Crippen molar-refractivity contribution in [3.63, 3.8) is 0 Å². The van der Waals surface area contributed by atoms with Gasteiger partial charge in [0.2, 0.25) is 0 Å². The van der Waals surface area contributed by atoms with Crippen molar-refractivity contribution in [1.29, 1.82) is 0 Å². The molecule has 1 atom stereocenters. The molecule has 1 unspecified atom stereocenters. The number of likely N-dealkylation sites (tertiary alicyclic amines) is 1. The van der Waals surface area contributed by atoms with Gasteiger partial charge in [-0.3, -0.25) is 4.99 Å². The highest BCUT2D eigenvalue weighted by Crippen LogP contribution is 2.42. The molecular weight excluding hydrogens is 419 g/mol. The monoisotopic (exact) mass is 452 g/mol. The standard InChI is InChI=1S/C17H32N4S.HI/c1-18-16(19-12-15-6-9-20(2)13-15)21-10-11-22-17(14-21)7-4-3-5-8-17;/h15H,3-14H2,1-2H3,(H,18,19);1H. The second-order valence-electron chi connectivity index (χ2n) is 7.36. The van der Waals surface area contributed by atoms with Gasteiger partial charge in [0, 0.05) is 43.7 Å². The van der Waals surface area contributed by atoms with Gasteiger partial charge in [-0.1, -0.05) is 19.3 Å². The third-order valence-corrected chi connectivity index (χ3v) is 7.10. The second kappa shape index (κ2) is 9.13. The molecule has 0 aromatic heterocycles. The van der Waals surface area contributed by atoms with E-state index in [2.05, 4.69) is 38.9 Å². The molecule has 0 bridgehead atoms. The van der Waals surface area contributed by atoms with E-state index < -0.39 is 0 Å². The minimum atomic E-state index is 0. The van der Waals surface area contributed by atoms with Crippen molar-refractivity contribution >= 4 is 41.7 Å². The topological polar surface area (TPSA) is 30.9 Å². The van der Waals surface area contributed by atoms with Gasteiger partial charge in [0.15, 0.2) is 5.96 Å². The van der Waals surface area contributed by atoms with Gasteiger partial charge < -0.3 is 15.1 Å². The predicted octanol–water partition coefficient (Wildman–Crippen LogP) is 2.88. The number of thioether (sulfide) groups is 1. The first-order valence-electron chi connectivity index (χ1n) is 8.99. The van der Waals surface area contributed by atoms with E-state index in [1.165, 1.54) is 63.9 Å². The molecule has 2 aliphatic heterocycles. The van der Waals surface area contributed by atoms with Crippen molar-refractivity contribution < 1.29 is 0 Å².